The maximum absolute atomic E-state index is 12.5. The van der Waals surface area contributed by atoms with E-state index in [-0.39, 0.29) is 17.6 Å². The fraction of sp³-hybridized carbons (Fsp3) is 0.235. The largest absolute Gasteiger partial charge is 0.494 e. The van der Waals surface area contributed by atoms with Gasteiger partial charge in [0, 0.05) is 16.5 Å². The zero-order valence-electron chi connectivity index (χ0n) is 13.1. The van der Waals surface area contributed by atoms with Gasteiger partial charge >= 0.3 is 0 Å². The number of hydrogen-bond donors (Lipinski definition) is 2. The molecule has 0 radical (unpaired) electrons. The molecule has 24 heavy (non-hydrogen) atoms. The van der Waals surface area contributed by atoms with Gasteiger partial charge in [0.25, 0.3) is 0 Å². The van der Waals surface area contributed by atoms with E-state index in [1.807, 2.05) is 24.3 Å². The van der Waals surface area contributed by atoms with Crippen LogP contribution >= 0.6 is 11.9 Å². The van der Waals surface area contributed by atoms with Gasteiger partial charge in [-0.3, -0.25) is 9.93 Å². The molecule has 3 rings (SSSR count). The number of carbonyl (C=O) groups is 1. The van der Waals surface area contributed by atoms with Crippen molar-refractivity contribution in [1.82, 2.24) is 0 Å². The molecular weight excluding hydrogens is 334 g/mol. The molecule has 7 heteroatoms. The minimum atomic E-state index is -0.940. The van der Waals surface area contributed by atoms with E-state index < -0.39 is 11.6 Å². The van der Waals surface area contributed by atoms with Crippen molar-refractivity contribution in [2.45, 2.75) is 17.7 Å². The smallest absolute Gasteiger partial charge is 0.227 e. The first-order chi connectivity index (χ1) is 11.5. The predicted octanol–water partition coefficient (Wildman–Crippen LogP) is 3.97. The number of nitrogens with one attached hydrogen (secondary N) is 1. The number of hydrogen-bond acceptors (Lipinski definition) is 4. The van der Waals surface area contributed by atoms with Crippen LogP contribution in [0.3, 0.4) is 0 Å². The molecule has 1 aliphatic rings. The summed E-state index contributed by atoms with van der Waals surface area (Å²) in [6.07, 6.45) is 2.05. The van der Waals surface area contributed by atoms with E-state index in [4.69, 9.17) is 5.14 Å². The van der Waals surface area contributed by atoms with Gasteiger partial charge in [0.1, 0.15) is 0 Å². The first-order valence-corrected chi connectivity index (χ1v) is 8.18. The highest BCUT2D eigenvalue weighted by molar-refractivity contribution is 7.97. The highest BCUT2D eigenvalue weighted by Crippen LogP contribution is 2.30. The van der Waals surface area contributed by atoms with Crippen LogP contribution in [0.1, 0.15) is 12.8 Å². The Labute approximate surface area is 143 Å². The van der Waals surface area contributed by atoms with Gasteiger partial charge < -0.3 is 10.1 Å². The van der Waals surface area contributed by atoms with E-state index in [0.29, 0.717) is 0 Å². The molecule has 0 aliphatic heterocycles. The zero-order valence-corrected chi connectivity index (χ0v) is 13.9. The van der Waals surface area contributed by atoms with Crippen molar-refractivity contribution < 1.29 is 18.3 Å². The first-order valence-electron chi connectivity index (χ1n) is 7.30. The summed E-state index contributed by atoms with van der Waals surface area (Å²) in [7, 11) is 1.29. The van der Waals surface area contributed by atoms with Crippen molar-refractivity contribution in [3.63, 3.8) is 0 Å². The number of anilines is 1. The number of methoxy groups -OCH3 is 1. The summed E-state index contributed by atoms with van der Waals surface area (Å²) >= 11 is 1.18. The van der Waals surface area contributed by atoms with Crippen molar-refractivity contribution in [2.24, 2.45) is 11.1 Å². The van der Waals surface area contributed by atoms with Crippen molar-refractivity contribution >= 4 is 23.5 Å². The van der Waals surface area contributed by atoms with Crippen LogP contribution < -0.4 is 15.2 Å². The second-order valence-electron chi connectivity index (χ2n) is 5.17. The lowest BCUT2D eigenvalue weighted by Crippen LogP contribution is -2.13. The fourth-order valence-corrected chi connectivity index (χ4v) is 2.23. The maximum atomic E-state index is 12.5. The molecule has 2 aromatic rings. The van der Waals surface area contributed by atoms with Crippen LogP contribution in [0.4, 0.5) is 14.5 Å². The summed E-state index contributed by atoms with van der Waals surface area (Å²) in [5, 5.41) is 8.30. The Morgan fingerprint density at radius 1 is 1.25 bits per heavy atom. The van der Waals surface area contributed by atoms with Gasteiger partial charge in [0.15, 0.2) is 11.6 Å². The number of halogens is 2. The normalized spacial score (nSPS) is 12.8. The summed E-state index contributed by atoms with van der Waals surface area (Å²) in [4.78, 5) is 12.4. The average Bonchev–Trinajstić information content (AvgIpc) is 3.43. The summed E-state index contributed by atoms with van der Waals surface area (Å²) in [6.45, 7) is 0. The van der Waals surface area contributed by atoms with E-state index in [1.165, 1.54) is 31.2 Å². The molecule has 1 aliphatic carbocycles. The molecule has 1 fully saturated rings. The van der Waals surface area contributed by atoms with Gasteiger partial charge in [0.2, 0.25) is 11.7 Å². The molecule has 4 nitrogen and oxygen atoms in total. The topological polar surface area (TPSA) is 64.3 Å². The van der Waals surface area contributed by atoms with Crippen LogP contribution in [0.15, 0.2) is 47.4 Å². The molecule has 1 amide bonds. The number of benzene rings is 2. The highest BCUT2D eigenvalue weighted by atomic mass is 32.2. The van der Waals surface area contributed by atoms with Crippen LogP contribution in [0.2, 0.25) is 0 Å². The van der Waals surface area contributed by atoms with Gasteiger partial charge in [0.05, 0.1) is 7.11 Å². The van der Waals surface area contributed by atoms with Crippen LogP contribution in [-0.2, 0) is 4.79 Å². The van der Waals surface area contributed by atoms with Crippen molar-refractivity contribution in [1.29, 1.82) is 0 Å². The number of amides is 1. The molecule has 0 atom stereocenters. The van der Waals surface area contributed by atoms with E-state index in [9.17, 15) is 13.6 Å². The molecule has 0 unspecified atom stereocenters. The fourth-order valence-electron chi connectivity index (χ4n) is 1.88. The Morgan fingerprint density at radius 2 is 1.96 bits per heavy atom. The quantitative estimate of drug-likeness (QED) is 0.817. The summed E-state index contributed by atoms with van der Waals surface area (Å²) in [5.74, 6) is -1.53. The maximum Gasteiger partial charge on any atom is 0.227 e. The Kier molecular flexibility index (Phi) is 6.57. The first kappa shape index (κ1) is 18.2. The molecular formula is C17H18F2N2O2S. The molecule has 0 heterocycles. The lowest BCUT2D eigenvalue weighted by atomic mass is 10.3. The lowest BCUT2D eigenvalue weighted by Gasteiger charge is -2.04. The standard InChI is InChI=1S/C10H12N2OS.C7H6F2O/c11-14-9-3-1-2-8(6-9)12-10(13)7-4-5-7;1-10-6-4-2-3-5(8)7(6)9/h1-3,6-7H,4-5,11H2,(H,12,13);2-4H,1H3. The Balaban J connectivity index is 0.000000185. The Bertz CT molecular complexity index is 709. The summed E-state index contributed by atoms with van der Waals surface area (Å²) in [5.41, 5.74) is 0.831. The Morgan fingerprint density at radius 3 is 2.54 bits per heavy atom. The van der Waals surface area contributed by atoms with Gasteiger partial charge in [-0.2, -0.15) is 4.39 Å². The summed E-state index contributed by atoms with van der Waals surface area (Å²) in [6, 6.07) is 11.3. The van der Waals surface area contributed by atoms with Gasteiger partial charge in [-0.25, -0.2) is 4.39 Å². The Hall–Kier alpha value is -2.12. The van der Waals surface area contributed by atoms with Gasteiger partial charge in [-0.15, -0.1) is 0 Å². The van der Waals surface area contributed by atoms with E-state index >= 15 is 0 Å². The SMILES string of the molecule is COc1cccc(F)c1F.NSc1cccc(NC(=O)C2CC2)c1. The van der Waals surface area contributed by atoms with Crippen LogP contribution in [0.25, 0.3) is 0 Å². The molecule has 128 valence electrons. The van der Waals surface area contributed by atoms with Crippen molar-refractivity contribution in [2.75, 3.05) is 12.4 Å². The highest BCUT2D eigenvalue weighted by Gasteiger charge is 2.29. The lowest BCUT2D eigenvalue weighted by molar-refractivity contribution is -0.117. The number of carbonyl (C=O) groups excluding carboxylic acids is 1. The van der Waals surface area contributed by atoms with Crippen LogP contribution in [-0.4, -0.2) is 13.0 Å². The predicted molar refractivity (Wildman–Crippen MR) is 90.8 cm³/mol. The molecule has 0 saturated heterocycles. The number of ether oxygens (including phenoxy) is 1. The molecule has 0 spiro atoms. The van der Waals surface area contributed by atoms with Crippen molar-refractivity contribution in [3.8, 4) is 5.75 Å². The molecule has 2 aromatic carbocycles. The molecule has 0 aromatic heterocycles. The average molecular weight is 352 g/mol. The van der Waals surface area contributed by atoms with Gasteiger partial charge in [-0.1, -0.05) is 12.1 Å². The minimum Gasteiger partial charge on any atom is -0.494 e. The number of nitrogens with two attached hydrogens (primary N) is 1. The van der Waals surface area contributed by atoms with E-state index in [1.54, 1.807) is 0 Å². The van der Waals surface area contributed by atoms with Crippen molar-refractivity contribution in [3.05, 3.63) is 54.1 Å². The monoisotopic (exact) mass is 352 g/mol. The third-order valence-electron chi connectivity index (χ3n) is 3.32. The van der Waals surface area contributed by atoms with E-state index in [0.717, 1.165) is 29.5 Å². The molecule has 0 bridgehead atoms. The van der Waals surface area contributed by atoms with Gasteiger partial charge in [-0.05, 0) is 55.1 Å². The van der Waals surface area contributed by atoms with Crippen LogP contribution in [0, 0.1) is 17.6 Å². The zero-order chi connectivity index (χ0) is 17.5. The minimum absolute atomic E-state index is 0.0694. The third kappa shape index (κ3) is 5.21. The summed E-state index contributed by atoms with van der Waals surface area (Å²) < 4.78 is 29.3. The molecule has 1 saturated carbocycles. The second-order valence-corrected chi connectivity index (χ2v) is 5.87. The second kappa shape index (κ2) is 8.65. The third-order valence-corrected chi connectivity index (χ3v) is 3.85. The van der Waals surface area contributed by atoms with E-state index in [2.05, 4.69) is 10.1 Å². The van der Waals surface area contributed by atoms with Crippen LogP contribution in [0.5, 0.6) is 5.75 Å². The number of rotatable bonds is 4. The molecule has 3 N–H and O–H groups in total.